The minimum absolute atomic E-state index is 0.154. The van der Waals surface area contributed by atoms with Gasteiger partial charge in [-0.3, -0.25) is 4.79 Å². The van der Waals surface area contributed by atoms with Gasteiger partial charge in [0.2, 0.25) is 0 Å². The monoisotopic (exact) mass is 407 g/mol. The summed E-state index contributed by atoms with van der Waals surface area (Å²) in [5, 5.41) is 12.5. The number of esters is 1. The molecule has 30 heavy (non-hydrogen) atoms. The number of pyridine rings is 1. The van der Waals surface area contributed by atoms with Gasteiger partial charge in [-0.25, -0.2) is 9.31 Å². The molecule has 3 aromatic heterocycles. The highest BCUT2D eigenvalue weighted by Crippen LogP contribution is 2.31. The van der Waals surface area contributed by atoms with E-state index in [1.807, 2.05) is 18.2 Å². The van der Waals surface area contributed by atoms with Gasteiger partial charge in [0.05, 0.1) is 19.3 Å². The Morgan fingerprint density at radius 3 is 2.77 bits per heavy atom. The van der Waals surface area contributed by atoms with Gasteiger partial charge in [-0.05, 0) is 30.7 Å². The molecule has 0 aliphatic carbocycles. The average molecular weight is 407 g/mol. The van der Waals surface area contributed by atoms with Crippen LogP contribution in [0.2, 0.25) is 0 Å². The smallest absolute Gasteiger partial charge is 0.343 e. The molecule has 0 spiro atoms. The van der Waals surface area contributed by atoms with E-state index in [0.717, 1.165) is 5.56 Å². The van der Waals surface area contributed by atoms with Crippen molar-refractivity contribution in [3.63, 3.8) is 0 Å². The molecule has 0 radical (unpaired) electrons. The molecule has 10 heteroatoms. The summed E-state index contributed by atoms with van der Waals surface area (Å²) < 4.78 is 18.9. The second-order valence-corrected chi connectivity index (χ2v) is 6.85. The van der Waals surface area contributed by atoms with Crippen molar-refractivity contribution in [2.45, 2.75) is 13.5 Å². The van der Waals surface area contributed by atoms with Gasteiger partial charge in [-0.2, -0.15) is 5.10 Å². The van der Waals surface area contributed by atoms with Crippen LogP contribution in [-0.2, 0) is 11.3 Å². The van der Waals surface area contributed by atoms with Crippen LogP contribution in [0.3, 0.4) is 0 Å². The second-order valence-electron chi connectivity index (χ2n) is 6.85. The number of fused-ring (bicyclic) bond motifs is 4. The normalized spacial score (nSPS) is 13.0. The number of rotatable bonds is 3. The molecule has 1 aliphatic heterocycles. The first-order valence-corrected chi connectivity index (χ1v) is 9.29. The van der Waals surface area contributed by atoms with E-state index in [0.29, 0.717) is 42.5 Å². The number of hydrogen-bond acceptors (Lipinski definition) is 8. The lowest BCUT2D eigenvalue weighted by Crippen LogP contribution is -2.22. The van der Waals surface area contributed by atoms with Gasteiger partial charge in [0.25, 0.3) is 5.56 Å². The predicted molar refractivity (Wildman–Crippen MR) is 105 cm³/mol. The van der Waals surface area contributed by atoms with Crippen LogP contribution in [0.4, 0.5) is 0 Å². The molecule has 10 nitrogen and oxygen atoms in total. The number of benzene rings is 1. The number of ether oxygens (including phenoxy) is 3. The summed E-state index contributed by atoms with van der Waals surface area (Å²) in [7, 11) is 1.29. The SMILES string of the molecule is COC(=O)c1c(C)nn2c1nnc1c(=O)n(Cc3ccc4c(c3)OCCO4)ccc12. The third-order valence-corrected chi connectivity index (χ3v) is 4.98. The Morgan fingerprint density at radius 1 is 1.17 bits per heavy atom. The van der Waals surface area contributed by atoms with Crippen molar-refractivity contribution in [2.24, 2.45) is 0 Å². The molecule has 1 aromatic carbocycles. The second kappa shape index (κ2) is 6.83. The third kappa shape index (κ3) is 2.76. The Morgan fingerprint density at radius 2 is 1.97 bits per heavy atom. The van der Waals surface area contributed by atoms with Gasteiger partial charge in [0, 0.05) is 6.20 Å². The summed E-state index contributed by atoms with van der Waals surface area (Å²) >= 11 is 0. The molecule has 152 valence electrons. The lowest BCUT2D eigenvalue weighted by molar-refractivity contribution is 0.0602. The van der Waals surface area contributed by atoms with Gasteiger partial charge in [-0.1, -0.05) is 6.07 Å². The fourth-order valence-corrected chi connectivity index (χ4v) is 3.54. The number of methoxy groups -OCH3 is 1. The lowest BCUT2D eigenvalue weighted by Gasteiger charge is -2.19. The van der Waals surface area contributed by atoms with E-state index < -0.39 is 5.97 Å². The maximum absolute atomic E-state index is 13.0. The van der Waals surface area contributed by atoms with E-state index in [-0.39, 0.29) is 22.3 Å². The Hall–Kier alpha value is -3.95. The van der Waals surface area contributed by atoms with Crippen LogP contribution >= 0.6 is 0 Å². The fraction of sp³-hybridized carbons (Fsp3) is 0.250. The van der Waals surface area contributed by atoms with Crippen LogP contribution in [-0.4, -0.2) is 50.7 Å². The van der Waals surface area contributed by atoms with Crippen molar-refractivity contribution in [3.05, 3.63) is 57.6 Å². The minimum atomic E-state index is -0.553. The van der Waals surface area contributed by atoms with Gasteiger partial charge in [0.1, 0.15) is 24.3 Å². The van der Waals surface area contributed by atoms with Crippen molar-refractivity contribution in [1.29, 1.82) is 0 Å². The molecule has 4 aromatic rings. The molecule has 1 aliphatic rings. The van der Waals surface area contributed by atoms with Gasteiger partial charge in [0.15, 0.2) is 22.7 Å². The molecule has 0 saturated heterocycles. The molecule has 0 unspecified atom stereocenters. The molecule has 5 rings (SSSR count). The maximum atomic E-state index is 13.0. The van der Waals surface area contributed by atoms with Gasteiger partial charge >= 0.3 is 5.97 Å². The molecule has 0 amide bonds. The lowest BCUT2D eigenvalue weighted by atomic mass is 10.2. The van der Waals surface area contributed by atoms with Crippen molar-refractivity contribution in [1.82, 2.24) is 24.4 Å². The first-order valence-electron chi connectivity index (χ1n) is 9.29. The first-order chi connectivity index (χ1) is 14.6. The minimum Gasteiger partial charge on any atom is -0.486 e. The highest BCUT2D eigenvalue weighted by atomic mass is 16.6. The Balaban J connectivity index is 1.58. The van der Waals surface area contributed by atoms with Crippen LogP contribution in [0.1, 0.15) is 21.6 Å². The van der Waals surface area contributed by atoms with E-state index in [9.17, 15) is 9.59 Å². The molecule has 0 saturated carbocycles. The molecule has 4 heterocycles. The predicted octanol–water partition coefficient (Wildman–Crippen LogP) is 1.35. The number of carbonyl (C=O) groups is 1. The maximum Gasteiger partial charge on any atom is 0.343 e. The third-order valence-electron chi connectivity index (χ3n) is 4.98. The van der Waals surface area contributed by atoms with Crippen molar-refractivity contribution >= 4 is 22.6 Å². The highest BCUT2D eigenvalue weighted by molar-refractivity contribution is 5.97. The molecule has 0 N–H and O–H groups in total. The molecule has 0 atom stereocenters. The topological polar surface area (TPSA) is 110 Å². The average Bonchev–Trinajstić information content (AvgIpc) is 3.11. The fourth-order valence-electron chi connectivity index (χ4n) is 3.54. The van der Waals surface area contributed by atoms with Crippen molar-refractivity contribution < 1.29 is 19.0 Å². The largest absolute Gasteiger partial charge is 0.486 e. The van der Waals surface area contributed by atoms with E-state index >= 15 is 0 Å². The zero-order chi connectivity index (χ0) is 20.8. The van der Waals surface area contributed by atoms with E-state index in [1.54, 1.807) is 19.2 Å². The number of carbonyl (C=O) groups excluding carboxylic acids is 1. The van der Waals surface area contributed by atoms with Crippen LogP contribution < -0.4 is 15.0 Å². The Kier molecular flexibility index (Phi) is 4.12. The van der Waals surface area contributed by atoms with Crippen molar-refractivity contribution in [3.8, 4) is 11.5 Å². The number of nitrogens with zero attached hydrogens (tertiary/aromatic N) is 5. The number of hydrogen-bond donors (Lipinski definition) is 0. The highest BCUT2D eigenvalue weighted by Gasteiger charge is 2.22. The Bertz CT molecular complexity index is 1370. The van der Waals surface area contributed by atoms with Crippen molar-refractivity contribution in [2.75, 3.05) is 20.3 Å². The number of aryl methyl sites for hydroxylation is 1. The molecular formula is C20H17N5O5. The van der Waals surface area contributed by atoms with Crippen LogP contribution in [0.25, 0.3) is 16.7 Å². The summed E-state index contributed by atoms with van der Waals surface area (Å²) in [5.41, 5.74) is 2.11. The number of aromatic nitrogens is 5. The van der Waals surface area contributed by atoms with E-state index in [2.05, 4.69) is 15.3 Å². The quantitative estimate of drug-likeness (QED) is 0.468. The van der Waals surface area contributed by atoms with E-state index in [4.69, 9.17) is 14.2 Å². The van der Waals surface area contributed by atoms with Gasteiger partial charge < -0.3 is 18.8 Å². The standard InChI is InChI=1S/C20H17N5O5/c1-11-16(20(27)28-2)18-22-21-17-13(25(18)23-11)5-6-24(19(17)26)10-12-3-4-14-15(9-12)30-8-7-29-14/h3-6,9H,7-8,10H2,1-2H3. The zero-order valence-corrected chi connectivity index (χ0v) is 16.3. The van der Waals surface area contributed by atoms with Crippen LogP contribution in [0.15, 0.2) is 35.3 Å². The molecule has 0 fully saturated rings. The first kappa shape index (κ1) is 18.1. The van der Waals surface area contributed by atoms with Crippen LogP contribution in [0, 0.1) is 6.92 Å². The summed E-state index contributed by atoms with van der Waals surface area (Å²) in [4.78, 5) is 25.1. The molecule has 0 bridgehead atoms. The zero-order valence-electron chi connectivity index (χ0n) is 16.3. The van der Waals surface area contributed by atoms with Gasteiger partial charge in [-0.15, -0.1) is 10.2 Å². The summed E-state index contributed by atoms with van der Waals surface area (Å²) in [5.74, 6) is 0.805. The summed E-state index contributed by atoms with van der Waals surface area (Å²) in [6.45, 7) is 3.02. The summed E-state index contributed by atoms with van der Waals surface area (Å²) in [6.07, 6.45) is 1.66. The Labute approximate surface area is 169 Å². The van der Waals surface area contributed by atoms with E-state index in [1.165, 1.54) is 16.2 Å². The summed E-state index contributed by atoms with van der Waals surface area (Å²) in [6, 6.07) is 7.31. The van der Waals surface area contributed by atoms with Crippen LogP contribution in [0.5, 0.6) is 11.5 Å². The molecular weight excluding hydrogens is 390 g/mol.